The molecule has 0 saturated carbocycles. The minimum atomic E-state index is 0.0661. The average molecular weight is 298 g/mol. The van der Waals surface area contributed by atoms with E-state index in [2.05, 4.69) is 34.5 Å². The average Bonchev–Trinajstić information content (AvgIpc) is 3.19. The summed E-state index contributed by atoms with van der Waals surface area (Å²) in [5.74, 6) is 0.854. The summed E-state index contributed by atoms with van der Waals surface area (Å²) in [6.07, 6.45) is 4.98. The van der Waals surface area contributed by atoms with Gasteiger partial charge in [-0.2, -0.15) is 0 Å². The van der Waals surface area contributed by atoms with E-state index in [1.54, 1.807) is 6.26 Å². The van der Waals surface area contributed by atoms with Gasteiger partial charge in [-0.05, 0) is 43.5 Å². The van der Waals surface area contributed by atoms with Crippen molar-refractivity contribution in [2.24, 2.45) is 0 Å². The van der Waals surface area contributed by atoms with Crippen LogP contribution in [0.1, 0.15) is 24.2 Å². The van der Waals surface area contributed by atoms with Crippen molar-refractivity contribution in [1.29, 1.82) is 0 Å². The second kappa shape index (κ2) is 7.27. The zero-order chi connectivity index (χ0) is 15.2. The van der Waals surface area contributed by atoms with E-state index in [0.29, 0.717) is 19.1 Å². The summed E-state index contributed by atoms with van der Waals surface area (Å²) >= 11 is 0. The van der Waals surface area contributed by atoms with E-state index in [1.165, 1.54) is 18.4 Å². The molecule has 1 fully saturated rings. The standard InChI is InChI=1S/C18H22N2O2/c21-18(19-13-17-9-5-11-22-17)14-20-10-4-8-16(20)12-15-6-2-1-3-7-15/h1-3,5-7,9,11,16H,4,8,10,12-14H2,(H,19,21)/t16-/m1/s1. The van der Waals surface area contributed by atoms with E-state index in [4.69, 9.17) is 4.42 Å². The molecule has 22 heavy (non-hydrogen) atoms. The van der Waals surface area contributed by atoms with Gasteiger partial charge in [-0.15, -0.1) is 0 Å². The molecular formula is C18H22N2O2. The van der Waals surface area contributed by atoms with Crippen LogP contribution < -0.4 is 5.32 Å². The van der Waals surface area contributed by atoms with Gasteiger partial charge in [0.2, 0.25) is 5.91 Å². The second-order valence-corrected chi connectivity index (χ2v) is 5.81. The van der Waals surface area contributed by atoms with Gasteiger partial charge in [-0.1, -0.05) is 30.3 Å². The normalized spacial score (nSPS) is 18.5. The number of hydrogen-bond acceptors (Lipinski definition) is 3. The van der Waals surface area contributed by atoms with Gasteiger partial charge in [0.25, 0.3) is 0 Å². The maximum atomic E-state index is 12.1. The van der Waals surface area contributed by atoms with Crippen molar-refractivity contribution < 1.29 is 9.21 Å². The van der Waals surface area contributed by atoms with Gasteiger partial charge in [0.1, 0.15) is 5.76 Å². The molecule has 1 N–H and O–H groups in total. The third-order valence-electron chi connectivity index (χ3n) is 4.20. The van der Waals surface area contributed by atoms with Gasteiger partial charge in [0.15, 0.2) is 0 Å². The molecule has 0 bridgehead atoms. The van der Waals surface area contributed by atoms with Crippen LogP contribution in [-0.4, -0.2) is 29.9 Å². The van der Waals surface area contributed by atoms with Crippen LogP contribution in [0, 0.1) is 0 Å². The number of carbonyl (C=O) groups is 1. The van der Waals surface area contributed by atoms with Crippen molar-refractivity contribution in [3.63, 3.8) is 0 Å². The lowest BCUT2D eigenvalue weighted by Gasteiger charge is -2.23. The number of amides is 1. The summed E-state index contributed by atoms with van der Waals surface area (Å²) in [7, 11) is 0. The number of furan rings is 1. The van der Waals surface area contributed by atoms with Gasteiger partial charge in [0, 0.05) is 6.04 Å². The molecule has 3 rings (SSSR count). The Hall–Kier alpha value is -2.07. The predicted octanol–water partition coefficient (Wildman–Crippen LogP) is 2.60. The zero-order valence-corrected chi connectivity index (χ0v) is 12.7. The minimum absolute atomic E-state index is 0.0661. The smallest absolute Gasteiger partial charge is 0.234 e. The van der Waals surface area contributed by atoms with Crippen LogP contribution in [0.5, 0.6) is 0 Å². The van der Waals surface area contributed by atoms with E-state index in [-0.39, 0.29) is 5.91 Å². The fourth-order valence-corrected chi connectivity index (χ4v) is 3.06. The summed E-state index contributed by atoms with van der Waals surface area (Å²) in [4.78, 5) is 14.4. The highest BCUT2D eigenvalue weighted by molar-refractivity contribution is 5.78. The highest BCUT2D eigenvalue weighted by Gasteiger charge is 2.26. The number of hydrogen-bond donors (Lipinski definition) is 1. The van der Waals surface area contributed by atoms with Crippen molar-refractivity contribution in [2.45, 2.75) is 31.8 Å². The van der Waals surface area contributed by atoms with E-state index in [1.807, 2.05) is 18.2 Å². The Balaban J connectivity index is 1.49. The summed E-state index contributed by atoms with van der Waals surface area (Å²) in [5.41, 5.74) is 1.34. The lowest BCUT2D eigenvalue weighted by Crippen LogP contribution is -2.40. The highest BCUT2D eigenvalue weighted by atomic mass is 16.3. The van der Waals surface area contributed by atoms with Crippen molar-refractivity contribution in [2.75, 3.05) is 13.1 Å². The van der Waals surface area contributed by atoms with Gasteiger partial charge in [-0.25, -0.2) is 0 Å². The van der Waals surface area contributed by atoms with Gasteiger partial charge in [0.05, 0.1) is 19.4 Å². The molecule has 1 aromatic carbocycles. The number of nitrogens with zero attached hydrogens (tertiary/aromatic N) is 1. The predicted molar refractivity (Wildman–Crippen MR) is 85.3 cm³/mol. The van der Waals surface area contributed by atoms with Crippen LogP contribution >= 0.6 is 0 Å². The molecule has 0 radical (unpaired) electrons. The first-order chi connectivity index (χ1) is 10.8. The summed E-state index contributed by atoms with van der Waals surface area (Å²) in [6.45, 7) is 1.94. The molecule has 1 aliphatic rings. The topological polar surface area (TPSA) is 45.5 Å². The molecule has 0 aliphatic carbocycles. The first kappa shape index (κ1) is 14.9. The van der Waals surface area contributed by atoms with Gasteiger partial charge in [-0.3, -0.25) is 9.69 Å². The molecule has 4 heteroatoms. The van der Waals surface area contributed by atoms with Crippen LogP contribution in [0.25, 0.3) is 0 Å². The maximum absolute atomic E-state index is 12.1. The fraction of sp³-hybridized carbons (Fsp3) is 0.389. The maximum Gasteiger partial charge on any atom is 0.234 e. The Morgan fingerprint density at radius 1 is 1.23 bits per heavy atom. The van der Waals surface area contributed by atoms with Crippen LogP contribution in [0.4, 0.5) is 0 Å². The Labute approximate surface area is 131 Å². The van der Waals surface area contributed by atoms with Crippen LogP contribution in [0.3, 0.4) is 0 Å². The number of likely N-dealkylation sites (tertiary alicyclic amines) is 1. The monoisotopic (exact) mass is 298 g/mol. The lowest BCUT2D eigenvalue weighted by atomic mass is 10.0. The molecule has 0 unspecified atom stereocenters. The fourth-order valence-electron chi connectivity index (χ4n) is 3.06. The lowest BCUT2D eigenvalue weighted by molar-refractivity contribution is -0.122. The molecule has 116 valence electrons. The molecule has 2 heterocycles. The molecule has 1 saturated heterocycles. The highest BCUT2D eigenvalue weighted by Crippen LogP contribution is 2.20. The molecule has 1 atom stereocenters. The molecule has 2 aromatic rings. The first-order valence-electron chi connectivity index (χ1n) is 7.88. The molecule has 1 amide bonds. The van der Waals surface area contributed by atoms with E-state index in [0.717, 1.165) is 18.7 Å². The van der Waals surface area contributed by atoms with E-state index < -0.39 is 0 Å². The molecule has 1 aliphatic heterocycles. The number of rotatable bonds is 6. The molecule has 1 aromatic heterocycles. The zero-order valence-electron chi connectivity index (χ0n) is 12.7. The Morgan fingerprint density at radius 3 is 2.86 bits per heavy atom. The first-order valence-corrected chi connectivity index (χ1v) is 7.88. The second-order valence-electron chi connectivity index (χ2n) is 5.81. The van der Waals surface area contributed by atoms with E-state index >= 15 is 0 Å². The van der Waals surface area contributed by atoms with Crippen molar-refractivity contribution in [3.05, 3.63) is 60.1 Å². The quantitative estimate of drug-likeness (QED) is 0.891. The third kappa shape index (κ3) is 3.98. The van der Waals surface area contributed by atoms with Crippen LogP contribution in [-0.2, 0) is 17.8 Å². The van der Waals surface area contributed by atoms with Crippen LogP contribution in [0.15, 0.2) is 53.1 Å². The summed E-state index contributed by atoms with van der Waals surface area (Å²) in [5, 5.41) is 2.92. The SMILES string of the molecule is O=C(CN1CCC[C@@H]1Cc1ccccc1)NCc1ccco1. The van der Waals surface area contributed by atoms with E-state index in [9.17, 15) is 4.79 Å². The third-order valence-corrected chi connectivity index (χ3v) is 4.20. The number of nitrogens with one attached hydrogen (secondary N) is 1. The largest absolute Gasteiger partial charge is 0.467 e. The summed E-state index contributed by atoms with van der Waals surface area (Å²) in [6, 6.07) is 14.7. The van der Waals surface area contributed by atoms with Crippen molar-refractivity contribution in [3.8, 4) is 0 Å². The Kier molecular flexibility index (Phi) is 4.91. The van der Waals surface area contributed by atoms with Gasteiger partial charge < -0.3 is 9.73 Å². The number of benzene rings is 1. The van der Waals surface area contributed by atoms with Crippen LogP contribution in [0.2, 0.25) is 0 Å². The van der Waals surface area contributed by atoms with Crippen molar-refractivity contribution >= 4 is 5.91 Å². The van der Waals surface area contributed by atoms with Gasteiger partial charge >= 0.3 is 0 Å². The van der Waals surface area contributed by atoms with Crippen molar-refractivity contribution in [1.82, 2.24) is 10.2 Å². The summed E-state index contributed by atoms with van der Waals surface area (Å²) < 4.78 is 5.23. The molecule has 4 nitrogen and oxygen atoms in total. The minimum Gasteiger partial charge on any atom is -0.467 e. The Morgan fingerprint density at radius 2 is 2.09 bits per heavy atom. The molecular weight excluding hydrogens is 276 g/mol. The molecule has 0 spiro atoms. The Bertz CT molecular complexity index is 580. The number of carbonyl (C=O) groups excluding carboxylic acids is 1.